The summed E-state index contributed by atoms with van der Waals surface area (Å²) >= 11 is 5.12. The van der Waals surface area contributed by atoms with Gasteiger partial charge in [-0.25, -0.2) is 0 Å². The lowest BCUT2D eigenvalue weighted by atomic mass is 10.2. The second kappa shape index (κ2) is 7.25. The largest absolute Gasteiger partial charge is 0.504 e. The summed E-state index contributed by atoms with van der Waals surface area (Å²) in [5.74, 6) is 0.479. The van der Waals surface area contributed by atoms with Crippen LogP contribution in [0.4, 0.5) is 5.69 Å². The number of benzene rings is 2. The third-order valence-electron chi connectivity index (χ3n) is 2.62. The first-order chi connectivity index (χ1) is 10.2. The molecule has 0 bridgehead atoms. The average Bonchev–Trinajstić information content (AvgIpc) is 2.50. The summed E-state index contributed by atoms with van der Waals surface area (Å²) in [6, 6.07) is 14.5. The maximum absolute atomic E-state index is 9.50. The molecule has 0 aliphatic carbocycles. The van der Waals surface area contributed by atoms with Crippen molar-refractivity contribution in [2.75, 3.05) is 12.4 Å². The van der Waals surface area contributed by atoms with Gasteiger partial charge in [0.05, 0.1) is 13.3 Å². The Kier molecular flexibility index (Phi) is 5.11. The van der Waals surface area contributed by atoms with Crippen LogP contribution < -0.4 is 15.5 Å². The monoisotopic (exact) mass is 301 g/mol. The summed E-state index contributed by atoms with van der Waals surface area (Å²) in [6.07, 6.45) is 1.58. The Hall–Kier alpha value is -2.60. The van der Waals surface area contributed by atoms with Crippen molar-refractivity contribution >= 4 is 29.2 Å². The van der Waals surface area contributed by atoms with Crippen molar-refractivity contribution in [2.45, 2.75) is 0 Å². The van der Waals surface area contributed by atoms with Crippen molar-refractivity contribution in [1.29, 1.82) is 0 Å². The summed E-state index contributed by atoms with van der Waals surface area (Å²) in [5.41, 5.74) is 4.38. The summed E-state index contributed by atoms with van der Waals surface area (Å²) in [4.78, 5) is 0. The van der Waals surface area contributed by atoms with Crippen LogP contribution in [-0.4, -0.2) is 23.5 Å². The molecule has 0 aliphatic heterocycles. The fourth-order valence-corrected chi connectivity index (χ4v) is 1.79. The summed E-state index contributed by atoms with van der Waals surface area (Å²) < 4.78 is 5.02. The van der Waals surface area contributed by atoms with Gasteiger partial charge in [-0.1, -0.05) is 18.2 Å². The second-order valence-corrected chi connectivity index (χ2v) is 4.53. The van der Waals surface area contributed by atoms with Crippen molar-refractivity contribution in [2.24, 2.45) is 5.10 Å². The number of anilines is 1. The van der Waals surface area contributed by atoms with Gasteiger partial charge in [0.1, 0.15) is 0 Å². The smallest absolute Gasteiger partial charge is 0.191 e. The number of phenols is 1. The number of thiocarbonyl (C=S) groups is 1. The van der Waals surface area contributed by atoms with Crippen molar-refractivity contribution < 1.29 is 9.84 Å². The molecule has 0 saturated heterocycles. The molecular weight excluding hydrogens is 286 g/mol. The molecule has 5 nitrogen and oxygen atoms in total. The lowest BCUT2D eigenvalue weighted by Gasteiger charge is -2.06. The van der Waals surface area contributed by atoms with Gasteiger partial charge in [-0.2, -0.15) is 5.10 Å². The van der Waals surface area contributed by atoms with Crippen LogP contribution in [0.3, 0.4) is 0 Å². The van der Waals surface area contributed by atoms with Crippen LogP contribution in [0.25, 0.3) is 0 Å². The number of ether oxygens (including phenoxy) is 1. The van der Waals surface area contributed by atoms with E-state index in [0.717, 1.165) is 11.3 Å². The van der Waals surface area contributed by atoms with E-state index in [0.29, 0.717) is 10.9 Å². The van der Waals surface area contributed by atoms with Crippen LogP contribution in [-0.2, 0) is 0 Å². The lowest BCUT2D eigenvalue weighted by Crippen LogP contribution is -2.23. The molecule has 0 aliphatic rings. The number of nitrogens with zero attached hydrogens (tertiary/aromatic N) is 1. The van der Waals surface area contributed by atoms with Gasteiger partial charge in [0.25, 0.3) is 0 Å². The van der Waals surface area contributed by atoms with E-state index in [1.165, 1.54) is 7.11 Å². The summed E-state index contributed by atoms with van der Waals surface area (Å²) in [6.45, 7) is 0. The van der Waals surface area contributed by atoms with E-state index in [1.807, 2.05) is 30.3 Å². The van der Waals surface area contributed by atoms with Gasteiger partial charge in [0.15, 0.2) is 16.6 Å². The minimum Gasteiger partial charge on any atom is -0.504 e. The van der Waals surface area contributed by atoms with Gasteiger partial charge in [0, 0.05) is 5.69 Å². The first kappa shape index (κ1) is 14.8. The zero-order valence-electron chi connectivity index (χ0n) is 11.4. The highest BCUT2D eigenvalue weighted by Gasteiger charge is 2.00. The highest BCUT2D eigenvalue weighted by atomic mass is 32.1. The molecule has 0 unspecified atom stereocenters. The van der Waals surface area contributed by atoms with Gasteiger partial charge in [0.2, 0.25) is 0 Å². The minimum atomic E-state index is 0.0869. The normalized spacial score (nSPS) is 10.3. The molecule has 2 rings (SSSR count). The van der Waals surface area contributed by atoms with E-state index in [-0.39, 0.29) is 5.75 Å². The highest BCUT2D eigenvalue weighted by Crippen LogP contribution is 2.25. The van der Waals surface area contributed by atoms with Crippen molar-refractivity contribution in [3.63, 3.8) is 0 Å². The fourth-order valence-electron chi connectivity index (χ4n) is 1.62. The first-order valence-corrected chi connectivity index (χ1v) is 6.62. The summed E-state index contributed by atoms with van der Waals surface area (Å²) in [5, 5.41) is 16.9. The van der Waals surface area contributed by atoms with Gasteiger partial charge in [-0.15, -0.1) is 0 Å². The Balaban J connectivity index is 1.91. The Morgan fingerprint density at radius 3 is 2.71 bits per heavy atom. The molecule has 0 spiro atoms. The van der Waals surface area contributed by atoms with Gasteiger partial charge in [-0.3, -0.25) is 5.43 Å². The number of hydrazone groups is 1. The maximum atomic E-state index is 9.50. The van der Waals surface area contributed by atoms with Crippen LogP contribution in [0, 0.1) is 0 Å². The van der Waals surface area contributed by atoms with Crippen molar-refractivity contribution in [1.82, 2.24) is 5.43 Å². The van der Waals surface area contributed by atoms with E-state index < -0.39 is 0 Å². The van der Waals surface area contributed by atoms with Gasteiger partial charge in [-0.05, 0) is 48.1 Å². The molecule has 0 amide bonds. The molecular formula is C15H15N3O2S. The Labute approximate surface area is 128 Å². The molecule has 0 heterocycles. The van der Waals surface area contributed by atoms with Crippen LogP contribution in [0.15, 0.2) is 53.6 Å². The third-order valence-corrected chi connectivity index (χ3v) is 2.81. The van der Waals surface area contributed by atoms with Gasteiger partial charge < -0.3 is 15.2 Å². The average molecular weight is 301 g/mol. The molecule has 0 radical (unpaired) electrons. The standard InChI is InChI=1S/C15H15N3O2S/c1-20-14-9-11(7-8-13(14)19)10-16-18-15(21)17-12-5-3-2-4-6-12/h2-10,19H,1H3,(H2,17,18,21)/b16-10+. The van der Waals surface area contributed by atoms with E-state index in [2.05, 4.69) is 15.8 Å². The van der Waals surface area contributed by atoms with Crippen LogP contribution in [0.5, 0.6) is 11.5 Å². The van der Waals surface area contributed by atoms with E-state index >= 15 is 0 Å². The molecule has 0 aromatic heterocycles. The fraction of sp³-hybridized carbons (Fsp3) is 0.0667. The van der Waals surface area contributed by atoms with Crippen LogP contribution >= 0.6 is 12.2 Å². The molecule has 2 aromatic carbocycles. The molecule has 3 N–H and O–H groups in total. The van der Waals surface area contributed by atoms with Crippen molar-refractivity contribution in [3.05, 3.63) is 54.1 Å². The number of nitrogens with one attached hydrogen (secondary N) is 2. The predicted molar refractivity (Wildman–Crippen MR) is 88.1 cm³/mol. The van der Waals surface area contributed by atoms with E-state index in [9.17, 15) is 5.11 Å². The van der Waals surface area contributed by atoms with Gasteiger partial charge >= 0.3 is 0 Å². The number of para-hydroxylation sites is 1. The Bertz CT molecular complexity index is 645. The first-order valence-electron chi connectivity index (χ1n) is 6.21. The quantitative estimate of drug-likeness (QED) is 0.460. The SMILES string of the molecule is COc1cc(/C=N/NC(=S)Nc2ccccc2)ccc1O. The van der Waals surface area contributed by atoms with E-state index in [1.54, 1.807) is 24.4 Å². The maximum Gasteiger partial charge on any atom is 0.191 e. The third kappa shape index (κ3) is 4.47. The summed E-state index contributed by atoms with van der Waals surface area (Å²) in [7, 11) is 1.49. The molecule has 108 valence electrons. The molecule has 2 aromatic rings. The molecule has 0 atom stereocenters. The number of phenolic OH excluding ortho intramolecular Hbond substituents is 1. The number of hydrogen-bond acceptors (Lipinski definition) is 4. The predicted octanol–water partition coefficient (Wildman–Crippen LogP) is 2.72. The molecule has 0 saturated carbocycles. The van der Waals surface area contributed by atoms with Crippen LogP contribution in [0.1, 0.15) is 5.56 Å². The lowest BCUT2D eigenvalue weighted by molar-refractivity contribution is 0.373. The molecule has 6 heteroatoms. The molecule has 0 fully saturated rings. The highest BCUT2D eigenvalue weighted by molar-refractivity contribution is 7.80. The second-order valence-electron chi connectivity index (χ2n) is 4.12. The number of aromatic hydroxyl groups is 1. The zero-order chi connectivity index (χ0) is 15.1. The molecule has 21 heavy (non-hydrogen) atoms. The Morgan fingerprint density at radius 1 is 1.24 bits per heavy atom. The van der Waals surface area contributed by atoms with Crippen molar-refractivity contribution in [3.8, 4) is 11.5 Å². The zero-order valence-corrected chi connectivity index (χ0v) is 12.2. The van der Waals surface area contributed by atoms with E-state index in [4.69, 9.17) is 17.0 Å². The number of hydrogen-bond donors (Lipinski definition) is 3. The van der Waals surface area contributed by atoms with Crippen LogP contribution in [0.2, 0.25) is 0 Å². The number of rotatable bonds is 4. The topological polar surface area (TPSA) is 65.9 Å². The number of methoxy groups -OCH3 is 1. The minimum absolute atomic E-state index is 0.0869. The Morgan fingerprint density at radius 2 is 2.00 bits per heavy atom.